The molecule has 1 aliphatic carbocycles. The topological polar surface area (TPSA) is 70.2 Å². The van der Waals surface area contributed by atoms with E-state index in [2.05, 4.69) is 37.0 Å². The second-order valence-corrected chi connectivity index (χ2v) is 6.43. The van der Waals surface area contributed by atoms with Crippen molar-refractivity contribution in [3.63, 3.8) is 0 Å². The van der Waals surface area contributed by atoms with Crippen LogP contribution in [0, 0.1) is 5.92 Å². The zero-order valence-electron chi connectivity index (χ0n) is 12.9. The molecule has 2 aliphatic rings. The van der Waals surface area contributed by atoms with E-state index in [1.165, 1.54) is 12.8 Å². The molecule has 1 saturated heterocycles. The lowest BCUT2D eigenvalue weighted by Gasteiger charge is -2.34. The molecule has 0 radical (unpaired) electrons. The number of nitrogens with zero attached hydrogens (tertiary/aromatic N) is 5. The number of ether oxygens (including phenoxy) is 1. The summed E-state index contributed by atoms with van der Waals surface area (Å²) in [5, 5.41) is 8.02. The summed E-state index contributed by atoms with van der Waals surface area (Å²) in [4.78, 5) is 13.5. The van der Waals surface area contributed by atoms with Crippen LogP contribution in [0.4, 0.5) is 5.82 Å². The van der Waals surface area contributed by atoms with Crippen LogP contribution < -0.4 is 4.90 Å². The average Bonchev–Trinajstić information content (AvgIpc) is 3.20. The van der Waals surface area contributed by atoms with Gasteiger partial charge in [-0.3, -0.25) is 5.10 Å². The third-order valence-electron chi connectivity index (χ3n) is 4.47. The van der Waals surface area contributed by atoms with E-state index in [-0.39, 0.29) is 6.10 Å². The molecule has 0 aromatic carbocycles. The minimum Gasteiger partial charge on any atom is -0.374 e. The van der Waals surface area contributed by atoms with E-state index in [0.717, 1.165) is 55.6 Å². The number of fused-ring (bicyclic) bond motifs is 1. The van der Waals surface area contributed by atoms with Gasteiger partial charge < -0.3 is 14.5 Å². The number of hydrogen-bond donors (Lipinski definition) is 1. The number of anilines is 1. The number of H-pyrrole nitrogens is 1. The largest absolute Gasteiger partial charge is 0.374 e. The maximum absolute atomic E-state index is 5.95. The van der Waals surface area contributed by atoms with Gasteiger partial charge in [0.25, 0.3) is 0 Å². The van der Waals surface area contributed by atoms with Crippen molar-refractivity contribution in [1.82, 2.24) is 25.1 Å². The Kier molecular flexibility index (Phi) is 3.67. The van der Waals surface area contributed by atoms with Crippen molar-refractivity contribution in [2.75, 3.05) is 44.7 Å². The summed E-state index contributed by atoms with van der Waals surface area (Å²) >= 11 is 0. The second kappa shape index (κ2) is 5.81. The average molecular weight is 302 g/mol. The molecule has 7 nitrogen and oxygen atoms in total. The normalized spacial score (nSPS) is 23.0. The Morgan fingerprint density at radius 2 is 2.27 bits per heavy atom. The van der Waals surface area contributed by atoms with Gasteiger partial charge in [-0.1, -0.05) is 0 Å². The minimum atomic E-state index is 0.231. The molecule has 0 bridgehead atoms. The number of likely N-dealkylation sites (N-methyl/N-ethyl adjacent to an activating group) is 1. The molecule has 7 heteroatoms. The van der Waals surface area contributed by atoms with Crippen LogP contribution in [-0.4, -0.2) is 71.0 Å². The molecule has 118 valence electrons. The highest BCUT2D eigenvalue weighted by Gasteiger charge is 2.29. The number of nitrogens with one attached hydrogen (secondary N) is 1. The summed E-state index contributed by atoms with van der Waals surface area (Å²) in [6.45, 7) is 4.71. The maximum atomic E-state index is 5.95. The van der Waals surface area contributed by atoms with E-state index >= 15 is 0 Å². The fourth-order valence-electron chi connectivity index (χ4n) is 3.09. The van der Waals surface area contributed by atoms with E-state index in [1.54, 1.807) is 6.33 Å². The van der Waals surface area contributed by atoms with Crippen molar-refractivity contribution >= 4 is 16.9 Å². The highest BCUT2D eigenvalue weighted by molar-refractivity contribution is 5.86. The Morgan fingerprint density at radius 1 is 1.36 bits per heavy atom. The van der Waals surface area contributed by atoms with Gasteiger partial charge in [0.2, 0.25) is 0 Å². The van der Waals surface area contributed by atoms with Crippen molar-refractivity contribution in [3.8, 4) is 0 Å². The second-order valence-electron chi connectivity index (χ2n) is 6.43. The smallest absolute Gasteiger partial charge is 0.160 e. The van der Waals surface area contributed by atoms with Gasteiger partial charge in [-0.05, 0) is 25.8 Å². The third kappa shape index (κ3) is 2.91. The van der Waals surface area contributed by atoms with Crippen LogP contribution in [0.3, 0.4) is 0 Å². The summed E-state index contributed by atoms with van der Waals surface area (Å²) in [5.74, 6) is 1.76. The van der Waals surface area contributed by atoms with Crippen molar-refractivity contribution in [3.05, 3.63) is 12.5 Å². The van der Waals surface area contributed by atoms with Crippen LogP contribution in [0.2, 0.25) is 0 Å². The van der Waals surface area contributed by atoms with Gasteiger partial charge in [0.15, 0.2) is 5.65 Å². The molecule has 1 aliphatic heterocycles. The Morgan fingerprint density at radius 3 is 3.09 bits per heavy atom. The van der Waals surface area contributed by atoms with Crippen LogP contribution in [0.25, 0.3) is 11.0 Å². The number of aromatic nitrogens is 4. The zero-order valence-corrected chi connectivity index (χ0v) is 12.9. The summed E-state index contributed by atoms with van der Waals surface area (Å²) in [6.07, 6.45) is 6.31. The van der Waals surface area contributed by atoms with E-state index in [9.17, 15) is 0 Å². The van der Waals surface area contributed by atoms with Crippen molar-refractivity contribution < 1.29 is 4.74 Å². The molecule has 2 aromatic rings. The summed E-state index contributed by atoms with van der Waals surface area (Å²) in [7, 11) is 2.15. The molecule has 3 heterocycles. The third-order valence-corrected chi connectivity index (χ3v) is 4.47. The zero-order chi connectivity index (χ0) is 14.9. The van der Waals surface area contributed by atoms with Crippen LogP contribution >= 0.6 is 0 Å². The summed E-state index contributed by atoms with van der Waals surface area (Å²) < 4.78 is 5.95. The van der Waals surface area contributed by atoms with Crippen molar-refractivity contribution in [2.45, 2.75) is 18.9 Å². The Bertz CT molecular complexity index is 640. The first-order valence-corrected chi connectivity index (χ1v) is 7.99. The van der Waals surface area contributed by atoms with Crippen LogP contribution in [0.1, 0.15) is 12.8 Å². The van der Waals surface area contributed by atoms with Gasteiger partial charge in [-0.25, -0.2) is 9.97 Å². The number of hydrogen-bond acceptors (Lipinski definition) is 6. The van der Waals surface area contributed by atoms with Crippen LogP contribution in [-0.2, 0) is 4.74 Å². The van der Waals surface area contributed by atoms with Gasteiger partial charge in [-0.2, -0.15) is 5.10 Å². The number of aromatic amines is 1. The lowest BCUT2D eigenvalue weighted by atomic mass is 10.2. The predicted octanol–water partition coefficient (Wildman–Crippen LogP) is 0.900. The quantitative estimate of drug-likeness (QED) is 0.885. The van der Waals surface area contributed by atoms with E-state index in [4.69, 9.17) is 4.74 Å². The predicted molar refractivity (Wildman–Crippen MR) is 83.9 cm³/mol. The van der Waals surface area contributed by atoms with Gasteiger partial charge in [0.1, 0.15) is 12.1 Å². The van der Waals surface area contributed by atoms with E-state index in [0.29, 0.717) is 0 Å². The molecule has 1 unspecified atom stereocenters. The fraction of sp³-hybridized carbons (Fsp3) is 0.667. The van der Waals surface area contributed by atoms with E-state index < -0.39 is 0 Å². The first-order chi connectivity index (χ1) is 10.8. The van der Waals surface area contributed by atoms with Crippen LogP contribution in [0.15, 0.2) is 12.5 Å². The van der Waals surface area contributed by atoms with Gasteiger partial charge in [0.05, 0.1) is 24.3 Å². The molecular formula is C15H22N6O. The molecule has 1 N–H and O–H groups in total. The molecule has 4 rings (SSSR count). The molecular weight excluding hydrogens is 280 g/mol. The fourth-order valence-corrected chi connectivity index (χ4v) is 3.09. The molecule has 1 saturated carbocycles. The first kappa shape index (κ1) is 13.9. The molecule has 2 aromatic heterocycles. The minimum absolute atomic E-state index is 0.231. The van der Waals surface area contributed by atoms with Gasteiger partial charge in [0, 0.05) is 26.2 Å². The SMILES string of the molecule is CN1CCOC(CN(CC2CC2)c2ncnc3[nH]ncc23)C1. The summed E-state index contributed by atoms with van der Waals surface area (Å²) in [6, 6.07) is 0. The summed E-state index contributed by atoms with van der Waals surface area (Å²) in [5.41, 5.74) is 0.799. The highest BCUT2D eigenvalue weighted by Crippen LogP contribution is 2.32. The van der Waals surface area contributed by atoms with E-state index in [1.807, 2.05) is 6.20 Å². The van der Waals surface area contributed by atoms with Crippen molar-refractivity contribution in [2.24, 2.45) is 5.92 Å². The molecule has 0 spiro atoms. The lowest BCUT2D eigenvalue weighted by molar-refractivity contribution is -0.0149. The van der Waals surface area contributed by atoms with Gasteiger partial charge in [-0.15, -0.1) is 0 Å². The first-order valence-electron chi connectivity index (χ1n) is 7.99. The number of rotatable bonds is 5. The maximum Gasteiger partial charge on any atom is 0.160 e. The lowest BCUT2D eigenvalue weighted by Crippen LogP contribution is -2.46. The molecule has 2 fully saturated rings. The number of morpholine rings is 1. The Balaban J connectivity index is 1.58. The Labute approximate surface area is 129 Å². The Hall–Kier alpha value is -1.73. The molecule has 0 amide bonds. The van der Waals surface area contributed by atoms with Gasteiger partial charge >= 0.3 is 0 Å². The monoisotopic (exact) mass is 302 g/mol. The van der Waals surface area contributed by atoms with Crippen LogP contribution in [0.5, 0.6) is 0 Å². The standard InChI is InChI=1S/C15H22N6O/c1-20-4-5-22-12(8-20)9-21(7-11-2-3-11)15-13-6-18-19-14(13)16-10-17-15/h6,10-12H,2-5,7-9H2,1H3,(H,16,17,18,19). The molecule has 1 atom stereocenters. The molecule has 22 heavy (non-hydrogen) atoms. The van der Waals surface area contributed by atoms with Crippen molar-refractivity contribution in [1.29, 1.82) is 0 Å². The highest BCUT2D eigenvalue weighted by atomic mass is 16.5.